The van der Waals surface area contributed by atoms with Crippen LogP contribution in [-0.2, 0) is 0 Å². The summed E-state index contributed by atoms with van der Waals surface area (Å²) in [6, 6.07) is 19.4. The molecule has 1 amide bonds. The molecule has 2 aromatic carbocycles. The van der Waals surface area contributed by atoms with Crippen molar-refractivity contribution in [2.75, 3.05) is 13.1 Å². The number of hydrogen-bond donors (Lipinski definition) is 2. The molecule has 6 nitrogen and oxygen atoms in total. The molecule has 0 radical (unpaired) electrons. The molecule has 0 aliphatic carbocycles. The molecule has 6 heteroatoms. The molecule has 5 rings (SSSR count). The number of nitrogens with one attached hydrogen (secondary N) is 2. The maximum atomic E-state index is 13.0. The van der Waals surface area contributed by atoms with Crippen LogP contribution in [0.5, 0.6) is 0 Å². The second-order valence-corrected chi connectivity index (χ2v) is 8.19. The number of rotatable bonds is 3. The van der Waals surface area contributed by atoms with Gasteiger partial charge in [-0.15, -0.1) is 0 Å². The molecule has 0 unspecified atom stereocenters. The molecule has 0 saturated carbocycles. The van der Waals surface area contributed by atoms with E-state index < -0.39 is 0 Å². The van der Waals surface area contributed by atoms with Gasteiger partial charge in [0.05, 0.1) is 11.0 Å². The number of aromatic nitrogens is 3. The van der Waals surface area contributed by atoms with E-state index in [0.29, 0.717) is 24.7 Å². The Bertz CT molecular complexity index is 1280. The maximum absolute atomic E-state index is 13.0. The number of H-pyrrole nitrogens is 2. The van der Waals surface area contributed by atoms with Gasteiger partial charge < -0.3 is 14.9 Å². The molecule has 31 heavy (non-hydrogen) atoms. The summed E-state index contributed by atoms with van der Waals surface area (Å²) in [4.78, 5) is 38.4. The summed E-state index contributed by atoms with van der Waals surface area (Å²) in [5, 5.41) is 0. The summed E-state index contributed by atoms with van der Waals surface area (Å²) in [5.74, 6) is 1.06. The second-order valence-electron chi connectivity index (χ2n) is 8.19. The zero-order chi connectivity index (χ0) is 21.4. The minimum atomic E-state index is -0.344. The van der Waals surface area contributed by atoms with Crippen molar-refractivity contribution < 1.29 is 4.79 Å². The Labute approximate surface area is 180 Å². The van der Waals surface area contributed by atoms with E-state index in [2.05, 4.69) is 9.97 Å². The number of likely N-dealkylation sites (tertiary alicyclic amines) is 1. The van der Waals surface area contributed by atoms with Crippen LogP contribution in [-0.4, -0.2) is 38.8 Å². The molecule has 0 spiro atoms. The first-order chi connectivity index (χ1) is 15.1. The summed E-state index contributed by atoms with van der Waals surface area (Å²) < 4.78 is 0. The first-order valence-electron chi connectivity index (χ1n) is 10.6. The van der Waals surface area contributed by atoms with E-state index in [9.17, 15) is 9.59 Å². The lowest BCUT2D eigenvalue weighted by atomic mass is 9.95. The maximum Gasteiger partial charge on any atom is 0.261 e. The molecule has 1 aliphatic rings. The van der Waals surface area contributed by atoms with Gasteiger partial charge in [0.25, 0.3) is 11.5 Å². The molecule has 1 fully saturated rings. The predicted molar refractivity (Wildman–Crippen MR) is 121 cm³/mol. The average Bonchev–Trinajstić information content (AvgIpc) is 3.23. The van der Waals surface area contributed by atoms with Gasteiger partial charge in [-0.3, -0.25) is 9.59 Å². The minimum absolute atomic E-state index is 0.193. The summed E-state index contributed by atoms with van der Waals surface area (Å²) >= 11 is 0. The fourth-order valence-electron chi connectivity index (χ4n) is 4.32. The second kappa shape index (κ2) is 7.87. The molecule has 3 heterocycles. The van der Waals surface area contributed by atoms with Crippen LogP contribution < -0.4 is 5.56 Å². The Morgan fingerprint density at radius 2 is 1.81 bits per heavy atom. The smallest absolute Gasteiger partial charge is 0.261 e. The van der Waals surface area contributed by atoms with Gasteiger partial charge in [0.1, 0.15) is 11.4 Å². The van der Waals surface area contributed by atoms with Gasteiger partial charge in [-0.1, -0.05) is 35.9 Å². The van der Waals surface area contributed by atoms with Crippen LogP contribution in [0.15, 0.2) is 65.5 Å². The predicted octanol–water partition coefficient (Wildman–Crippen LogP) is 4.25. The Balaban J connectivity index is 1.29. The lowest BCUT2D eigenvalue weighted by Crippen LogP contribution is -2.40. The molecule has 2 aromatic heterocycles. The van der Waals surface area contributed by atoms with Crippen molar-refractivity contribution in [3.8, 4) is 11.3 Å². The number of pyridine rings is 1. The van der Waals surface area contributed by atoms with Gasteiger partial charge >= 0.3 is 0 Å². The average molecular weight is 412 g/mol. The lowest BCUT2D eigenvalue weighted by Gasteiger charge is -2.31. The van der Waals surface area contributed by atoms with Crippen molar-refractivity contribution in [2.24, 2.45) is 0 Å². The highest BCUT2D eigenvalue weighted by molar-refractivity contribution is 5.94. The third-order valence-corrected chi connectivity index (χ3v) is 6.05. The Hall–Kier alpha value is -3.67. The van der Waals surface area contributed by atoms with E-state index >= 15 is 0 Å². The zero-order valence-electron chi connectivity index (χ0n) is 17.4. The van der Waals surface area contributed by atoms with Crippen LogP contribution in [0.3, 0.4) is 0 Å². The molecule has 0 atom stereocenters. The van der Waals surface area contributed by atoms with E-state index in [1.54, 1.807) is 11.0 Å². The molecule has 1 saturated heterocycles. The highest BCUT2D eigenvalue weighted by Crippen LogP contribution is 2.28. The molecule has 1 aliphatic heterocycles. The van der Waals surface area contributed by atoms with Gasteiger partial charge in [0.15, 0.2) is 0 Å². The zero-order valence-corrected chi connectivity index (χ0v) is 17.4. The fourth-order valence-corrected chi connectivity index (χ4v) is 4.32. The number of carbonyl (C=O) groups is 1. The minimum Gasteiger partial charge on any atom is -0.342 e. The lowest BCUT2D eigenvalue weighted by molar-refractivity contribution is 0.0709. The molecule has 2 N–H and O–H groups in total. The van der Waals surface area contributed by atoms with E-state index in [4.69, 9.17) is 4.98 Å². The number of hydrogen-bond acceptors (Lipinski definition) is 3. The summed E-state index contributed by atoms with van der Waals surface area (Å²) in [7, 11) is 0. The van der Waals surface area contributed by atoms with Crippen molar-refractivity contribution in [1.29, 1.82) is 0 Å². The number of imidazole rings is 1. The quantitative estimate of drug-likeness (QED) is 0.528. The van der Waals surface area contributed by atoms with Crippen LogP contribution in [0.2, 0.25) is 0 Å². The monoisotopic (exact) mass is 412 g/mol. The summed E-state index contributed by atoms with van der Waals surface area (Å²) in [6.45, 7) is 3.23. The molecule has 156 valence electrons. The topological polar surface area (TPSA) is 81.8 Å². The van der Waals surface area contributed by atoms with Crippen LogP contribution in [0.4, 0.5) is 0 Å². The number of piperidine rings is 1. The van der Waals surface area contributed by atoms with E-state index in [1.807, 2.05) is 61.5 Å². The van der Waals surface area contributed by atoms with Gasteiger partial charge in [0.2, 0.25) is 0 Å². The van der Waals surface area contributed by atoms with Gasteiger partial charge in [-0.05, 0) is 55.7 Å². The highest BCUT2D eigenvalue weighted by Gasteiger charge is 2.27. The van der Waals surface area contributed by atoms with Crippen LogP contribution >= 0.6 is 0 Å². The van der Waals surface area contributed by atoms with Crippen molar-refractivity contribution in [3.05, 3.63) is 88.0 Å². The van der Waals surface area contributed by atoms with Crippen molar-refractivity contribution in [2.45, 2.75) is 25.7 Å². The Kier molecular flexibility index (Phi) is 4.90. The van der Waals surface area contributed by atoms with Crippen molar-refractivity contribution >= 4 is 16.9 Å². The first kappa shape index (κ1) is 19.3. The van der Waals surface area contributed by atoms with E-state index in [1.165, 1.54) is 0 Å². The van der Waals surface area contributed by atoms with Crippen LogP contribution in [0.1, 0.15) is 40.5 Å². The van der Waals surface area contributed by atoms with Crippen LogP contribution in [0.25, 0.3) is 22.3 Å². The van der Waals surface area contributed by atoms with Crippen LogP contribution in [0, 0.1) is 6.92 Å². The number of benzene rings is 2. The van der Waals surface area contributed by atoms with Crippen molar-refractivity contribution in [3.63, 3.8) is 0 Å². The van der Waals surface area contributed by atoms with Gasteiger partial charge in [-0.2, -0.15) is 0 Å². The highest BCUT2D eigenvalue weighted by atomic mass is 16.2. The van der Waals surface area contributed by atoms with E-state index in [0.717, 1.165) is 40.8 Å². The summed E-state index contributed by atoms with van der Waals surface area (Å²) in [5.41, 5.74) is 4.62. The number of aryl methyl sites for hydroxylation is 1. The molecular weight excluding hydrogens is 388 g/mol. The first-order valence-corrected chi connectivity index (χ1v) is 10.6. The van der Waals surface area contributed by atoms with E-state index in [-0.39, 0.29) is 17.0 Å². The number of carbonyl (C=O) groups excluding carboxylic acids is 1. The molecular formula is C25H24N4O2. The van der Waals surface area contributed by atoms with Gasteiger partial charge in [-0.25, -0.2) is 4.98 Å². The van der Waals surface area contributed by atoms with Gasteiger partial charge in [0, 0.05) is 24.7 Å². The number of nitrogens with zero attached hydrogens (tertiary/aromatic N) is 2. The SMILES string of the molecule is Cc1cccc(-c2ccc(C(=O)N3CCC(c4nc5ccccc5[nH]4)CC3)c(=O)[nH]2)c1. The third-order valence-electron chi connectivity index (χ3n) is 6.05. The Morgan fingerprint density at radius 3 is 2.55 bits per heavy atom. The number of fused-ring (bicyclic) bond motifs is 1. The number of aromatic amines is 2. The fraction of sp³-hybridized carbons (Fsp3) is 0.240. The normalized spacial score (nSPS) is 14.8. The van der Waals surface area contributed by atoms with Crippen molar-refractivity contribution in [1.82, 2.24) is 19.9 Å². The largest absolute Gasteiger partial charge is 0.342 e. The number of para-hydroxylation sites is 2. The standard InChI is InChI=1S/C25H24N4O2/c1-16-5-4-6-18(15-16)20-10-9-19(24(30)28-20)25(31)29-13-11-17(12-14-29)23-26-21-7-2-3-8-22(21)27-23/h2-10,15,17H,11-14H2,1H3,(H,26,27)(H,28,30). The Morgan fingerprint density at radius 1 is 1.00 bits per heavy atom. The number of amides is 1. The molecule has 0 bridgehead atoms. The third kappa shape index (κ3) is 3.77. The molecule has 4 aromatic rings. The summed E-state index contributed by atoms with van der Waals surface area (Å²) in [6.07, 6.45) is 1.65.